The monoisotopic (exact) mass is 339 g/mol. The van der Waals surface area contributed by atoms with Crippen molar-refractivity contribution in [3.8, 4) is 0 Å². The minimum Gasteiger partial charge on any atom is -0.391 e. The third-order valence-corrected chi connectivity index (χ3v) is 6.16. The first kappa shape index (κ1) is 18.1. The maximum Gasteiger partial charge on any atom is 0.224 e. The van der Waals surface area contributed by atoms with Crippen LogP contribution in [0.15, 0.2) is 0 Å². The number of hydrogen-bond donors (Lipinski definition) is 2. The summed E-state index contributed by atoms with van der Waals surface area (Å²) in [4.78, 5) is 16.8. The van der Waals surface area contributed by atoms with Gasteiger partial charge in [-0.2, -0.15) is 0 Å². The van der Waals surface area contributed by atoms with Crippen molar-refractivity contribution in [1.82, 2.24) is 15.1 Å². The molecule has 2 heterocycles. The van der Waals surface area contributed by atoms with Crippen LogP contribution in [-0.2, 0) is 9.53 Å². The number of aliphatic hydroxyl groups excluding tert-OH is 1. The summed E-state index contributed by atoms with van der Waals surface area (Å²) < 4.78 is 5.40. The van der Waals surface area contributed by atoms with Gasteiger partial charge in [-0.1, -0.05) is 0 Å². The molecule has 138 valence electrons. The van der Waals surface area contributed by atoms with Crippen molar-refractivity contribution >= 4 is 5.91 Å². The molecule has 2 saturated heterocycles. The van der Waals surface area contributed by atoms with Crippen LogP contribution < -0.4 is 5.32 Å². The van der Waals surface area contributed by atoms with Crippen molar-refractivity contribution in [2.24, 2.45) is 5.41 Å². The standard InChI is InChI=1S/C18H33N3O3/c1-14-11-21(17(23)3-8-19-14)15(13-24-2)4-9-20-10-7-18(5-6-18)16(22)12-20/h14-16,19,22H,3-13H2,1-2H3/t14-,15+,16-/m1/s1. The number of methoxy groups -OCH3 is 1. The van der Waals surface area contributed by atoms with E-state index < -0.39 is 0 Å². The molecule has 24 heavy (non-hydrogen) atoms. The number of carbonyl (C=O) groups excluding carboxylic acids is 1. The number of aliphatic hydroxyl groups is 1. The van der Waals surface area contributed by atoms with Crippen LogP contribution in [0, 0.1) is 5.41 Å². The average molecular weight is 339 g/mol. The number of ether oxygens (including phenoxy) is 1. The Morgan fingerprint density at radius 1 is 1.38 bits per heavy atom. The lowest BCUT2D eigenvalue weighted by Gasteiger charge is -2.38. The first-order chi connectivity index (χ1) is 11.5. The van der Waals surface area contributed by atoms with Gasteiger partial charge < -0.3 is 25.0 Å². The smallest absolute Gasteiger partial charge is 0.224 e. The predicted octanol–water partition coefficient (Wildman–Crippen LogP) is 0.449. The van der Waals surface area contributed by atoms with Crippen LogP contribution in [0.2, 0.25) is 0 Å². The Labute approximate surface area is 145 Å². The summed E-state index contributed by atoms with van der Waals surface area (Å²) in [5.41, 5.74) is 0.254. The first-order valence-electron chi connectivity index (χ1n) is 9.46. The average Bonchev–Trinajstić information content (AvgIpc) is 3.34. The molecule has 2 aliphatic heterocycles. The van der Waals surface area contributed by atoms with E-state index in [-0.39, 0.29) is 23.5 Å². The molecule has 3 rings (SSSR count). The van der Waals surface area contributed by atoms with Gasteiger partial charge in [-0.15, -0.1) is 0 Å². The Morgan fingerprint density at radius 3 is 2.83 bits per heavy atom. The zero-order valence-electron chi connectivity index (χ0n) is 15.2. The van der Waals surface area contributed by atoms with E-state index >= 15 is 0 Å². The summed E-state index contributed by atoms with van der Waals surface area (Å²) >= 11 is 0. The van der Waals surface area contributed by atoms with Crippen LogP contribution in [0.25, 0.3) is 0 Å². The lowest BCUT2D eigenvalue weighted by molar-refractivity contribution is -0.134. The number of hydrogen-bond acceptors (Lipinski definition) is 5. The van der Waals surface area contributed by atoms with Gasteiger partial charge in [0, 0.05) is 45.8 Å². The van der Waals surface area contributed by atoms with Crippen LogP contribution in [0.1, 0.15) is 39.0 Å². The van der Waals surface area contributed by atoms with Crippen LogP contribution in [0.4, 0.5) is 0 Å². The topological polar surface area (TPSA) is 65.0 Å². The van der Waals surface area contributed by atoms with E-state index in [0.717, 1.165) is 45.6 Å². The third-order valence-electron chi connectivity index (χ3n) is 6.16. The number of amides is 1. The maximum absolute atomic E-state index is 12.4. The Kier molecular flexibility index (Phi) is 5.80. The highest BCUT2D eigenvalue weighted by atomic mass is 16.5. The minimum absolute atomic E-state index is 0.124. The Bertz CT molecular complexity index is 441. The summed E-state index contributed by atoms with van der Waals surface area (Å²) in [6.45, 7) is 7.00. The van der Waals surface area contributed by atoms with Crippen molar-refractivity contribution in [2.45, 2.75) is 57.2 Å². The molecule has 6 heteroatoms. The van der Waals surface area contributed by atoms with E-state index in [1.54, 1.807) is 7.11 Å². The second-order valence-corrected chi connectivity index (χ2v) is 7.98. The number of nitrogens with zero attached hydrogens (tertiary/aromatic N) is 2. The van der Waals surface area contributed by atoms with E-state index in [9.17, 15) is 9.90 Å². The second kappa shape index (κ2) is 7.68. The fourth-order valence-electron chi connectivity index (χ4n) is 4.26. The lowest BCUT2D eigenvalue weighted by Crippen LogP contribution is -2.49. The molecular weight excluding hydrogens is 306 g/mol. The van der Waals surface area contributed by atoms with E-state index in [4.69, 9.17) is 4.74 Å². The summed E-state index contributed by atoms with van der Waals surface area (Å²) in [5, 5.41) is 13.7. The van der Waals surface area contributed by atoms with E-state index in [1.165, 1.54) is 12.8 Å². The molecule has 2 N–H and O–H groups in total. The molecule has 0 bridgehead atoms. The maximum atomic E-state index is 12.4. The number of β-amino-alcohol motifs (C(OH)–C–C–N with tert-alkyl or cyclic N) is 1. The molecule has 6 nitrogen and oxygen atoms in total. The van der Waals surface area contributed by atoms with Crippen LogP contribution in [0.3, 0.4) is 0 Å². The molecule has 1 spiro atoms. The lowest BCUT2D eigenvalue weighted by atomic mass is 9.90. The molecular formula is C18H33N3O3. The molecule has 0 aromatic carbocycles. The van der Waals surface area contributed by atoms with Gasteiger partial charge in [0.25, 0.3) is 0 Å². The van der Waals surface area contributed by atoms with Gasteiger partial charge >= 0.3 is 0 Å². The molecule has 0 aromatic heterocycles. The largest absolute Gasteiger partial charge is 0.391 e. The van der Waals surface area contributed by atoms with E-state index in [0.29, 0.717) is 19.1 Å². The number of carbonyl (C=O) groups is 1. The third kappa shape index (κ3) is 4.10. The highest BCUT2D eigenvalue weighted by Gasteiger charge is 2.51. The minimum atomic E-state index is -0.170. The van der Waals surface area contributed by atoms with Crippen molar-refractivity contribution in [3.63, 3.8) is 0 Å². The molecule has 1 saturated carbocycles. The Balaban J connectivity index is 1.54. The zero-order valence-corrected chi connectivity index (χ0v) is 15.2. The van der Waals surface area contributed by atoms with Crippen molar-refractivity contribution in [2.75, 3.05) is 46.4 Å². The van der Waals surface area contributed by atoms with Gasteiger partial charge in [-0.3, -0.25) is 4.79 Å². The summed E-state index contributed by atoms with van der Waals surface area (Å²) in [5.74, 6) is 0.226. The molecule has 0 aromatic rings. The molecule has 1 aliphatic carbocycles. The molecule has 0 radical (unpaired) electrons. The molecule has 0 unspecified atom stereocenters. The van der Waals surface area contributed by atoms with Crippen LogP contribution >= 0.6 is 0 Å². The number of nitrogens with one attached hydrogen (secondary N) is 1. The number of rotatable bonds is 6. The molecule has 1 amide bonds. The molecule has 3 atom stereocenters. The van der Waals surface area contributed by atoms with Gasteiger partial charge in [0.15, 0.2) is 0 Å². The van der Waals surface area contributed by atoms with Gasteiger partial charge in [0.2, 0.25) is 5.91 Å². The van der Waals surface area contributed by atoms with Gasteiger partial charge in [0.05, 0.1) is 18.8 Å². The number of piperidine rings is 1. The van der Waals surface area contributed by atoms with Gasteiger partial charge in [0.1, 0.15) is 0 Å². The van der Waals surface area contributed by atoms with Gasteiger partial charge in [-0.05, 0) is 44.6 Å². The zero-order chi connectivity index (χ0) is 17.2. The normalized spacial score (nSPS) is 32.0. The quantitative estimate of drug-likeness (QED) is 0.736. The summed E-state index contributed by atoms with van der Waals surface area (Å²) in [6.07, 6.45) is 4.81. The van der Waals surface area contributed by atoms with E-state index in [1.807, 2.05) is 4.90 Å². The highest BCUT2D eigenvalue weighted by molar-refractivity contribution is 5.77. The van der Waals surface area contributed by atoms with Gasteiger partial charge in [-0.25, -0.2) is 0 Å². The first-order valence-corrected chi connectivity index (χ1v) is 9.46. The molecule has 3 fully saturated rings. The van der Waals surface area contributed by atoms with Crippen molar-refractivity contribution in [1.29, 1.82) is 0 Å². The summed E-state index contributed by atoms with van der Waals surface area (Å²) in [7, 11) is 1.71. The molecule has 3 aliphatic rings. The van der Waals surface area contributed by atoms with Crippen LogP contribution in [0.5, 0.6) is 0 Å². The predicted molar refractivity (Wildman–Crippen MR) is 92.8 cm³/mol. The fourth-order valence-corrected chi connectivity index (χ4v) is 4.26. The van der Waals surface area contributed by atoms with Crippen molar-refractivity contribution < 1.29 is 14.6 Å². The highest BCUT2D eigenvalue weighted by Crippen LogP contribution is 2.53. The summed E-state index contributed by atoms with van der Waals surface area (Å²) in [6, 6.07) is 0.446. The van der Waals surface area contributed by atoms with Crippen molar-refractivity contribution in [3.05, 3.63) is 0 Å². The fraction of sp³-hybridized carbons (Fsp3) is 0.944. The Hall–Kier alpha value is -0.690. The Morgan fingerprint density at radius 2 is 2.17 bits per heavy atom. The SMILES string of the molecule is COC[C@H](CCN1CCC2(CC2)[C@H](O)C1)N1C[C@@H](C)NCCC1=O. The number of likely N-dealkylation sites (tertiary alicyclic amines) is 1. The second-order valence-electron chi connectivity index (χ2n) is 7.98. The van der Waals surface area contributed by atoms with Crippen LogP contribution in [-0.4, -0.2) is 85.4 Å². The van der Waals surface area contributed by atoms with E-state index in [2.05, 4.69) is 17.1 Å².